The minimum atomic E-state index is -0.284. The molecule has 1 aliphatic rings. The number of rotatable bonds is 3. The lowest BCUT2D eigenvalue weighted by Gasteiger charge is -2.34. The second-order valence-electron chi connectivity index (χ2n) is 6.87. The maximum Gasteiger partial charge on any atom is 0.332 e. The van der Waals surface area contributed by atoms with Gasteiger partial charge in [0.2, 0.25) is 0 Å². The van der Waals surface area contributed by atoms with Crippen molar-refractivity contribution in [3.8, 4) is 0 Å². The number of carbonyl (C=O) groups is 1. The number of anilines is 2. The topological polar surface area (TPSA) is 61.4 Å². The van der Waals surface area contributed by atoms with E-state index in [1.165, 1.54) is 4.31 Å². The fourth-order valence-corrected chi connectivity index (χ4v) is 4.34. The summed E-state index contributed by atoms with van der Waals surface area (Å²) < 4.78 is 2.26. The molecule has 1 saturated heterocycles. The molecule has 1 N–H and O–H groups in total. The molecule has 3 aromatic rings. The number of piperidine rings is 1. The van der Waals surface area contributed by atoms with E-state index >= 15 is 0 Å². The molecular weight excluding hydrogens is 474 g/mol. The Kier molecular flexibility index (Phi) is 6.12. The first-order valence-electron chi connectivity index (χ1n) is 9.23. The number of benzene rings is 2. The van der Waals surface area contributed by atoms with Gasteiger partial charge in [-0.15, -0.1) is 5.10 Å². The van der Waals surface area contributed by atoms with Gasteiger partial charge in [-0.2, -0.15) is 5.10 Å². The number of hydrogen-bond acceptors (Lipinski definition) is 5. The maximum absolute atomic E-state index is 12.6. The van der Waals surface area contributed by atoms with Crippen LogP contribution in [0, 0.1) is 0 Å². The number of aromatic nitrogens is 2. The van der Waals surface area contributed by atoms with Crippen molar-refractivity contribution in [3.63, 3.8) is 0 Å². The van der Waals surface area contributed by atoms with Crippen LogP contribution in [0.3, 0.4) is 0 Å². The van der Waals surface area contributed by atoms with Crippen molar-refractivity contribution >= 4 is 68.7 Å². The summed E-state index contributed by atoms with van der Waals surface area (Å²) >= 11 is 14.0. The number of hydrogen-bond donors (Lipinski definition) is 2. The van der Waals surface area contributed by atoms with E-state index in [0.29, 0.717) is 10.7 Å². The molecule has 2 heterocycles. The lowest BCUT2D eigenvalue weighted by atomic mass is 10.0. The number of carbonyl (C=O) groups excluding carboxylic acids is 1. The van der Waals surface area contributed by atoms with Gasteiger partial charge in [-0.1, -0.05) is 58.5 Å². The summed E-state index contributed by atoms with van der Waals surface area (Å²) in [5.41, 5.74) is 0.559. The quantitative estimate of drug-likeness (QED) is 0.501. The van der Waals surface area contributed by atoms with Gasteiger partial charge in [0.15, 0.2) is 5.82 Å². The molecule has 0 bridgehead atoms. The van der Waals surface area contributed by atoms with Gasteiger partial charge in [0.1, 0.15) is 0 Å². The molecule has 2 amide bonds. The van der Waals surface area contributed by atoms with Crippen LogP contribution >= 0.6 is 40.3 Å². The zero-order valence-corrected chi connectivity index (χ0v) is 18.7. The van der Waals surface area contributed by atoms with Crippen molar-refractivity contribution in [1.29, 1.82) is 0 Å². The zero-order chi connectivity index (χ0) is 20.4. The molecule has 1 aromatic heterocycles. The number of nitrogens with zero attached hydrogens (tertiary/aromatic N) is 4. The lowest BCUT2D eigenvalue weighted by Crippen LogP contribution is -2.47. The molecule has 0 spiro atoms. The normalized spacial score (nSPS) is 14.8. The van der Waals surface area contributed by atoms with Crippen molar-refractivity contribution in [1.82, 2.24) is 15.5 Å². The van der Waals surface area contributed by atoms with Crippen LogP contribution in [0.15, 0.2) is 53.1 Å². The van der Waals surface area contributed by atoms with E-state index in [4.69, 9.17) is 11.6 Å². The molecule has 150 valence electrons. The molecule has 29 heavy (non-hydrogen) atoms. The molecule has 0 unspecified atom stereocenters. The highest BCUT2D eigenvalue weighted by molar-refractivity contribution is 9.10. The Morgan fingerprint density at radius 2 is 2.00 bits per heavy atom. The van der Waals surface area contributed by atoms with Crippen molar-refractivity contribution in [2.45, 2.75) is 18.9 Å². The monoisotopic (exact) mass is 491 g/mol. The third-order valence-corrected chi connectivity index (χ3v) is 6.21. The highest BCUT2D eigenvalue weighted by atomic mass is 79.9. The summed E-state index contributed by atoms with van der Waals surface area (Å²) in [5, 5.41) is 14.2. The minimum absolute atomic E-state index is 0.0607. The van der Waals surface area contributed by atoms with Crippen molar-refractivity contribution in [3.05, 3.63) is 58.2 Å². The van der Waals surface area contributed by atoms with Gasteiger partial charge < -0.3 is 10.2 Å². The van der Waals surface area contributed by atoms with Crippen LogP contribution in [-0.2, 0) is 0 Å². The van der Waals surface area contributed by atoms with Crippen LogP contribution in [0.5, 0.6) is 0 Å². The first kappa shape index (κ1) is 20.3. The number of halogens is 2. The smallest absolute Gasteiger partial charge is 0.332 e. The highest BCUT2D eigenvalue weighted by Crippen LogP contribution is 2.29. The molecule has 0 aliphatic carbocycles. The largest absolute Gasteiger partial charge is 0.354 e. The second-order valence-corrected chi connectivity index (χ2v) is 8.60. The summed E-state index contributed by atoms with van der Waals surface area (Å²) in [6, 6.07) is 13.0. The SMILES string of the molecule is O=C(NC1CCN(c2nncc3ccc(Br)cc23)CC1)N(S)c1ccccc1Cl. The number of urea groups is 1. The standard InChI is InChI=1S/C20H19BrClN5OS/c21-14-6-5-13-12-23-25-19(16(13)11-14)26-9-7-15(8-10-26)24-20(28)27(29)18-4-2-1-3-17(18)22/h1-6,11-12,15,29H,7-10H2,(H,24,28). The maximum atomic E-state index is 12.6. The van der Waals surface area contributed by atoms with Crippen molar-refractivity contribution < 1.29 is 4.79 Å². The van der Waals surface area contributed by atoms with Crippen LogP contribution in [0.4, 0.5) is 16.3 Å². The molecule has 2 aromatic carbocycles. The molecule has 1 aliphatic heterocycles. The van der Waals surface area contributed by atoms with Gasteiger partial charge >= 0.3 is 6.03 Å². The van der Waals surface area contributed by atoms with Crippen LogP contribution < -0.4 is 14.5 Å². The second kappa shape index (κ2) is 8.77. The van der Waals surface area contributed by atoms with Crippen molar-refractivity contribution in [2.75, 3.05) is 22.3 Å². The Morgan fingerprint density at radius 1 is 1.24 bits per heavy atom. The van der Waals surface area contributed by atoms with Crippen molar-refractivity contribution in [2.24, 2.45) is 0 Å². The Bertz CT molecular complexity index is 1040. The third kappa shape index (κ3) is 4.44. The number of fused-ring (bicyclic) bond motifs is 1. The molecule has 4 rings (SSSR count). The fourth-order valence-electron chi connectivity index (χ4n) is 3.47. The first-order valence-corrected chi connectivity index (χ1v) is 10.8. The third-order valence-electron chi connectivity index (χ3n) is 5.00. The number of para-hydroxylation sites is 1. The Balaban J connectivity index is 1.41. The summed E-state index contributed by atoms with van der Waals surface area (Å²) in [6.07, 6.45) is 3.39. The van der Waals surface area contributed by atoms with Crippen LogP contribution in [0.1, 0.15) is 12.8 Å². The van der Waals surface area contributed by atoms with Gasteiger partial charge in [0, 0.05) is 34.4 Å². The van der Waals surface area contributed by atoms with Gasteiger partial charge in [-0.3, -0.25) is 0 Å². The van der Waals surface area contributed by atoms with Crippen LogP contribution in [-0.4, -0.2) is 35.4 Å². The highest BCUT2D eigenvalue weighted by Gasteiger charge is 2.25. The number of thiol groups is 1. The fraction of sp³-hybridized carbons (Fsp3) is 0.250. The summed E-state index contributed by atoms with van der Waals surface area (Å²) in [4.78, 5) is 14.8. The Labute approximate surface area is 187 Å². The molecule has 0 radical (unpaired) electrons. The molecule has 0 saturated carbocycles. The molecule has 0 atom stereocenters. The van der Waals surface area contributed by atoms with E-state index in [2.05, 4.69) is 55.2 Å². The summed E-state index contributed by atoms with van der Waals surface area (Å²) in [6.45, 7) is 1.56. The molecule has 1 fully saturated rings. The van der Waals surface area contributed by atoms with Crippen LogP contribution in [0.25, 0.3) is 10.8 Å². The molecule has 6 nitrogen and oxygen atoms in total. The predicted octanol–water partition coefficient (Wildman–Crippen LogP) is 5.08. The number of nitrogens with one attached hydrogen (secondary N) is 1. The van der Waals surface area contributed by atoms with E-state index in [1.54, 1.807) is 18.3 Å². The van der Waals surface area contributed by atoms with Gasteiger partial charge in [0.25, 0.3) is 0 Å². The zero-order valence-electron chi connectivity index (χ0n) is 15.4. The van der Waals surface area contributed by atoms with E-state index in [-0.39, 0.29) is 12.1 Å². The number of amides is 2. The summed E-state index contributed by atoms with van der Waals surface area (Å²) in [7, 11) is 0. The summed E-state index contributed by atoms with van der Waals surface area (Å²) in [5.74, 6) is 0.875. The van der Waals surface area contributed by atoms with E-state index in [0.717, 1.165) is 47.0 Å². The Hall–Kier alpha value is -2.03. The molecule has 9 heteroatoms. The van der Waals surface area contributed by atoms with Gasteiger partial charge in [-0.25, -0.2) is 9.10 Å². The van der Waals surface area contributed by atoms with Gasteiger partial charge in [-0.05, 0) is 37.1 Å². The van der Waals surface area contributed by atoms with E-state index in [1.807, 2.05) is 24.3 Å². The predicted molar refractivity (Wildman–Crippen MR) is 124 cm³/mol. The average Bonchev–Trinajstić information content (AvgIpc) is 2.74. The lowest BCUT2D eigenvalue weighted by molar-refractivity contribution is 0.243. The van der Waals surface area contributed by atoms with E-state index < -0.39 is 0 Å². The molecular formula is C20H19BrClN5OS. The minimum Gasteiger partial charge on any atom is -0.354 e. The average molecular weight is 493 g/mol. The van der Waals surface area contributed by atoms with E-state index in [9.17, 15) is 4.79 Å². The van der Waals surface area contributed by atoms with Gasteiger partial charge in [0.05, 0.1) is 16.9 Å². The first-order chi connectivity index (χ1) is 14.0. The Morgan fingerprint density at radius 3 is 2.76 bits per heavy atom. The van der Waals surface area contributed by atoms with Crippen LogP contribution in [0.2, 0.25) is 5.02 Å².